The molecule has 0 heterocycles. The molecule has 1 rings (SSSR count). The Kier molecular flexibility index (Phi) is 2.90. The van der Waals surface area contributed by atoms with Gasteiger partial charge in [0.15, 0.2) is 5.78 Å². The quantitative estimate of drug-likeness (QED) is 0.514. The summed E-state index contributed by atoms with van der Waals surface area (Å²) in [4.78, 5) is 11.4. The van der Waals surface area contributed by atoms with E-state index < -0.39 is 0 Å². The van der Waals surface area contributed by atoms with E-state index >= 15 is 0 Å². The molecule has 0 aliphatic heterocycles. The van der Waals surface area contributed by atoms with Crippen LogP contribution < -0.4 is 0 Å². The van der Waals surface area contributed by atoms with Crippen LogP contribution in [0, 0.1) is 0 Å². The number of hydrogen-bond acceptors (Lipinski definition) is 1. The van der Waals surface area contributed by atoms with Gasteiger partial charge in [0.2, 0.25) is 0 Å². The molecule has 0 N–H and O–H groups in total. The third-order valence-electron chi connectivity index (χ3n) is 2.20. The number of rotatable bonds is 2. The molecule has 0 unspecified atom stereocenters. The van der Waals surface area contributed by atoms with Gasteiger partial charge in [0, 0.05) is 5.56 Å². The van der Waals surface area contributed by atoms with E-state index in [2.05, 4.69) is 27.4 Å². The molecule has 0 amide bonds. The van der Waals surface area contributed by atoms with Gasteiger partial charge in [-0.25, -0.2) is 0 Å². The molecule has 0 aromatic heterocycles. The minimum atomic E-state index is -0.0175. The van der Waals surface area contributed by atoms with Crippen LogP contribution in [0.1, 0.15) is 36.7 Å². The van der Waals surface area contributed by atoms with Crippen molar-refractivity contribution in [2.75, 3.05) is 0 Å². The summed E-state index contributed by atoms with van der Waals surface area (Å²) in [6.07, 6.45) is 1.35. The highest BCUT2D eigenvalue weighted by Crippen LogP contribution is 2.22. The van der Waals surface area contributed by atoms with Gasteiger partial charge in [-0.05, 0) is 23.1 Å². The maximum Gasteiger partial charge on any atom is 0.185 e. The van der Waals surface area contributed by atoms with Crippen LogP contribution in [0.5, 0.6) is 0 Å². The highest BCUT2D eigenvalue weighted by molar-refractivity contribution is 6.04. The maximum atomic E-state index is 11.4. The molecule has 0 radical (unpaired) electrons. The van der Waals surface area contributed by atoms with Crippen LogP contribution in [0.4, 0.5) is 0 Å². The molecule has 1 heteroatoms. The number of hydrogen-bond donors (Lipinski definition) is 0. The molecule has 14 heavy (non-hydrogen) atoms. The molecule has 0 aliphatic carbocycles. The van der Waals surface area contributed by atoms with Crippen LogP contribution in [0.3, 0.4) is 0 Å². The minimum absolute atomic E-state index is 0.0175. The smallest absolute Gasteiger partial charge is 0.185 e. The Hall–Kier alpha value is -1.37. The van der Waals surface area contributed by atoms with Crippen LogP contribution in [-0.4, -0.2) is 5.78 Å². The molecule has 1 aromatic carbocycles. The summed E-state index contributed by atoms with van der Waals surface area (Å²) in [5, 5.41) is 0. The molecule has 74 valence electrons. The summed E-state index contributed by atoms with van der Waals surface area (Å²) in [6, 6.07) is 7.71. The Labute approximate surface area is 85.5 Å². The summed E-state index contributed by atoms with van der Waals surface area (Å²) in [6.45, 7) is 9.87. The topological polar surface area (TPSA) is 17.1 Å². The van der Waals surface area contributed by atoms with E-state index in [1.165, 1.54) is 11.6 Å². The maximum absolute atomic E-state index is 11.4. The van der Waals surface area contributed by atoms with Gasteiger partial charge in [-0.15, -0.1) is 0 Å². The van der Waals surface area contributed by atoms with Gasteiger partial charge in [0.25, 0.3) is 0 Å². The van der Waals surface area contributed by atoms with Crippen molar-refractivity contribution in [1.29, 1.82) is 0 Å². The van der Waals surface area contributed by atoms with Crippen molar-refractivity contribution in [3.63, 3.8) is 0 Å². The first-order valence-corrected chi connectivity index (χ1v) is 4.72. The number of ketones is 1. The lowest BCUT2D eigenvalue weighted by Crippen LogP contribution is -2.11. The van der Waals surface area contributed by atoms with E-state index in [1.54, 1.807) is 0 Å². The number of carbonyl (C=O) groups is 1. The summed E-state index contributed by atoms with van der Waals surface area (Å²) in [5.41, 5.74) is 1.97. The SMILES string of the molecule is C=CC(=O)c1cccc(C(C)(C)C)c1. The Bertz CT molecular complexity index is 356. The van der Waals surface area contributed by atoms with Crippen molar-refractivity contribution >= 4 is 5.78 Å². The molecule has 0 bridgehead atoms. The van der Waals surface area contributed by atoms with E-state index in [0.29, 0.717) is 5.56 Å². The minimum Gasteiger partial charge on any atom is -0.289 e. The highest BCUT2D eigenvalue weighted by atomic mass is 16.1. The van der Waals surface area contributed by atoms with Gasteiger partial charge in [0.1, 0.15) is 0 Å². The Morgan fingerprint density at radius 3 is 2.50 bits per heavy atom. The second-order valence-corrected chi connectivity index (χ2v) is 4.40. The standard InChI is InChI=1S/C13H16O/c1-5-12(14)10-7-6-8-11(9-10)13(2,3)4/h5-9H,1H2,2-4H3. The fraction of sp³-hybridized carbons (Fsp3) is 0.308. The fourth-order valence-corrected chi connectivity index (χ4v) is 1.26. The zero-order chi connectivity index (χ0) is 10.8. The first-order valence-electron chi connectivity index (χ1n) is 4.72. The average molecular weight is 188 g/mol. The largest absolute Gasteiger partial charge is 0.289 e. The van der Waals surface area contributed by atoms with Crippen LogP contribution in [0.25, 0.3) is 0 Å². The highest BCUT2D eigenvalue weighted by Gasteiger charge is 2.14. The zero-order valence-corrected chi connectivity index (χ0v) is 9.00. The van der Waals surface area contributed by atoms with Crippen LogP contribution in [0.15, 0.2) is 36.9 Å². The van der Waals surface area contributed by atoms with Gasteiger partial charge in [-0.1, -0.05) is 45.5 Å². The predicted octanol–water partition coefficient (Wildman–Crippen LogP) is 3.35. The fourth-order valence-electron chi connectivity index (χ4n) is 1.26. The van der Waals surface area contributed by atoms with E-state index in [4.69, 9.17) is 0 Å². The lowest BCUT2D eigenvalue weighted by Gasteiger charge is -2.19. The second-order valence-electron chi connectivity index (χ2n) is 4.40. The van der Waals surface area contributed by atoms with Crippen LogP contribution >= 0.6 is 0 Å². The third kappa shape index (κ3) is 2.32. The Morgan fingerprint density at radius 2 is 2.00 bits per heavy atom. The van der Waals surface area contributed by atoms with Gasteiger partial charge in [-0.3, -0.25) is 4.79 Å². The Balaban J connectivity index is 3.14. The van der Waals surface area contributed by atoms with E-state index in [0.717, 1.165) is 0 Å². The van der Waals surface area contributed by atoms with Crippen molar-refractivity contribution in [2.45, 2.75) is 26.2 Å². The monoisotopic (exact) mass is 188 g/mol. The summed E-state index contributed by atoms with van der Waals surface area (Å²) in [7, 11) is 0. The van der Waals surface area contributed by atoms with Crippen LogP contribution in [-0.2, 0) is 5.41 Å². The van der Waals surface area contributed by atoms with Gasteiger partial charge < -0.3 is 0 Å². The van der Waals surface area contributed by atoms with Gasteiger partial charge in [-0.2, -0.15) is 0 Å². The lowest BCUT2D eigenvalue weighted by molar-refractivity contribution is 0.104. The number of carbonyl (C=O) groups excluding carboxylic acids is 1. The van der Waals surface area contributed by atoms with Gasteiger partial charge >= 0.3 is 0 Å². The third-order valence-corrected chi connectivity index (χ3v) is 2.20. The van der Waals surface area contributed by atoms with E-state index in [9.17, 15) is 4.79 Å². The molecule has 0 spiro atoms. The summed E-state index contributed by atoms with van der Waals surface area (Å²) >= 11 is 0. The van der Waals surface area contributed by atoms with Crippen LogP contribution in [0.2, 0.25) is 0 Å². The summed E-state index contributed by atoms with van der Waals surface area (Å²) in [5.74, 6) is -0.0175. The molecule has 1 nitrogen and oxygen atoms in total. The van der Waals surface area contributed by atoms with Crippen molar-refractivity contribution in [2.24, 2.45) is 0 Å². The molecule has 1 aromatic rings. The average Bonchev–Trinajstić information content (AvgIpc) is 2.15. The van der Waals surface area contributed by atoms with Crippen molar-refractivity contribution in [1.82, 2.24) is 0 Å². The molecule has 0 saturated heterocycles. The molecule has 0 saturated carbocycles. The van der Waals surface area contributed by atoms with Gasteiger partial charge in [0.05, 0.1) is 0 Å². The molecule has 0 aliphatic rings. The number of allylic oxidation sites excluding steroid dienone is 1. The first kappa shape index (κ1) is 10.7. The van der Waals surface area contributed by atoms with Crippen molar-refractivity contribution in [3.8, 4) is 0 Å². The summed E-state index contributed by atoms with van der Waals surface area (Å²) < 4.78 is 0. The van der Waals surface area contributed by atoms with Crippen molar-refractivity contribution in [3.05, 3.63) is 48.0 Å². The van der Waals surface area contributed by atoms with Crippen molar-refractivity contribution < 1.29 is 4.79 Å². The molecular weight excluding hydrogens is 172 g/mol. The first-order chi connectivity index (χ1) is 6.45. The van der Waals surface area contributed by atoms with E-state index in [-0.39, 0.29) is 11.2 Å². The Morgan fingerprint density at radius 1 is 1.36 bits per heavy atom. The number of benzene rings is 1. The molecule has 0 atom stereocenters. The lowest BCUT2D eigenvalue weighted by atomic mass is 9.86. The zero-order valence-electron chi connectivity index (χ0n) is 9.00. The second kappa shape index (κ2) is 3.79. The normalized spacial score (nSPS) is 11.1. The molecule has 0 fully saturated rings. The molecular formula is C13H16O. The predicted molar refractivity (Wildman–Crippen MR) is 59.7 cm³/mol. The van der Waals surface area contributed by atoms with E-state index in [1.807, 2.05) is 24.3 Å².